The highest BCUT2D eigenvalue weighted by molar-refractivity contribution is 4.92. The van der Waals surface area contributed by atoms with E-state index in [1.165, 1.54) is 0 Å². The molecule has 6 N–H and O–H groups in total. The maximum Gasteiger partial charge on any atom is 0.144 e. The van der Waals surface area contributed by atoms with E-state index in [1.807, 2.05) is 0 Å². The van der Waals surface area contributed by atoms with Gasteiger partial charge in [-0.1, -0.05) is 0 Å². The number of ether oxygens (including phenoxy) is 2. The molecule has 0 saturated carbocycles. The van der Waals surface area contributed by atoms with Gasteiger partial charge < -0.3 is 40.1 Å². The quantitative estimate of drug-likeness (QED) is 0.212. The molecule has 0 amide bonds. The van der Waals surface area contributed by atoms with Crippen molar-refractivity contribution in [2.24, 2.45) is 0 Å². The topological polar surface area (TPSA) is 140 Å². The van der Waals surface area contributed by atoms with E-state index in [4.69, 9.17) is 24.8 Å². The number of aliphatic hydroxyl groups excluding tert-OH is 5. The molecule has 0 rings (SSSR count). The molecule has 0 aromatic rings. The van der Waals surface area contributed by atoms with Crippen LogP contribution < -0.4 is 0 Å². The highest BCUT2D eigenvalue weighted by Gasteiger charge is 2.42. The highest BCUT2D eigenvalue weighted by Crippen LogP contribution is 2.16. The molecule has 0 aliphatic carbocycles. The summed E-state index contributed by atoms with van der Waals surface area (Å²) in [5.74, 6) is 0. The third-order valence-electron chi connectivity index (χ3n) is 2.43. The Bertz CT molecular complexity index is 184. The molecule has 0 fully saturated rings. The molecule has 0 aliphatic rings. The van der Waals surface area contributed by atoms with E-state index in [1.54, 1.807) is 0 Å². The van der Waals surface area contributed by atoms with E-state index >= 15 is 0 Å². The zero-order valence-corrected chi connectivity index (χ0v) is 10.1. The first-order chi connectivity index (χ1) is 8.52. The molecule has 0 aliphatic heterocycles. The van der Waals surface area contributed by atoms with Gasteiger partial charge in [0.1, 0.15) is 17.8 Å². The minimum atomic E-state index is -2.19. The first kappa shape index (κ1) is 17.7. The lowest BCUT2D eigenvalue weighted by Gasteiger charge is -2.35. The lowest BCUT2D eigenvalue weighted by Crippen LogP contribution is -2.58. The summed E-state index contributed by atoms with van der Waals surface area (Å²) in [4.78, 5) is 0. The van der Waals surface area contributed by atoms with Crippen LogP contribution in [0.25, 0.3) is 0 Å². The third-order valence-corrected chi connectivity index (χ3v) is 2.43. The maximum atomic E-state index is 9.92. The zero-order chi connectivity index (χ0) is 14.0. The van der Waals surface area contributed by atoms with Crippen LogP contribution in [0.2, 0.25) is 0 Å². The molecule has 0 aromatic heterocycles. The van der Waals surface area contributed by atoms with E-state index in [9.17, 15) is 15.3 Å². The molecular formula is C10H22O8. The van der Waals surface area contributed by atoms with Crippen molar-refractivity contribution in [3.05, 3.63) is 0 Å². The SMILES string of the molecule is OCCOCC(O)C(O)(CO)C(O)COCCO. The molecule has 110 valence electrons. The molecule has 8 heteroatoms. The Labute approximate surface area is 105 Å². The van der Waals surface area contributed by atoms with Gasteiger partial charge in [0.25, 0.3) is 0 Å². The van der Waals surface area contributed by atoms with Crippen molar-refractivity contribution in [3.63, 3.8) is 0 Å². The summed E-state index contributed by atoms with van der Waals surface area (Å²) in [6, 6.07) is 0. The molecule has 0 spiro atoms. The maximum absolute atomic E-state index is 9.92. The average molecular weight is 270 g/mol. The van der Waals surface area contributed by atoms with Gasteiger partial charge >= 0.3 is 0 Å². The van der Waals surface area contributed by atoms with Crippen LogP contribution in [-0.4, -0.2) is 94.7 Å². The van der Waals surface area contributed by atoms with Crippen molar-refractivity contribution in [1.82, 2.24) is 0 Å². The van der Waals surface area contributed by atoms with Crippen LogP contribution in [-0.2, 0) is 9.47 Å². The second kappa shape index (κ2) is 9.59. The number of rotatable bonds is 11. The Kier molecular flexibility index (Phi) is 9.42. The molecule has 0 bridgehead atoms. The normalized spacial score (nSPS) is 18.3. The van der Waals surface area contributed by atoms with Gasteiger partial charge in [0.15, 0.2) is 0 Å². The van der Waals surface area contributed by atoms with Crippen molar-refractivity contribution >= 4 is 0 Å². The monoisotopic (exact) mass is 270 g/mol. The summed E-state index contributed by atoms with van der Waals surface area (Å²) in [5.41, 5.74) is -2.19. The summed E-state index contributed by atoms with van der Waals surface area (Å²) in [5, 5.41) is 55.2. The average Bonchev–Trinajstić information content (AvgIpc) is 2.38. The molecule has 0 heterocycles. The van der Waals surface area contributed by atoms with Crippen LogP contribution in [0.3, 0.4) is 0 Å². The lowest BCUT2D eigenvalue weighted by atomic mass is 9.91. The first-order valence-electron chi connectivity index (χ1n) is 5.59. The Balaban J connectivity index is 4.27. The minimum absolute atomic E-state index is 0.0321. The largest absolute Gasteiger partial charge is 0.394 e. The highest BCUT2D eigenvalue weighted by atomic mass is 16.5. The first-order valence-corrected chi connectivity index (χ1v) is 5.59. The van der Waals surface area contributed by atoms with Crippen LogP contribution in [0, 0.1) is 0 Å². The van der Waals surface area contributed by atoms with Gasteiger partial charge in [0.2, 0.25) is 0 Å². The Morgan fingerprint density at radius 1 is 0.833 bits per heavy atom. The fraction of sp³-hybridized carbons (Fsp3) is 1.00. The molecule has 8 nitrogen and oxygen atoms in total. The predicted molar refractivity (Wildman–Crippen MR) is 59.9 cm³/mol. The molecule has 2 atom stereocenters. The predicted octanol–water partition coefficient (Wildman–Crippen LogP) is -3.55. The Hall–Kier alpha value is -0.320. The van der Waals surface area contributed by atoms with E-state index in [2.05, 4.69) is 0 Å². The fourth-order valence-electron chi connectivity index (χ4n) is 1.24. The second-order valence-corrected chi connectivity index (χ2v) is 3.78. The van der Waals surface area contributed by atoms with Crippen LogP contribution in [0.4, 0.5) is 0 Å². The van der Waals surface area contributed by atoms with E-state index in [0.29, 0.717) is 0 Å². The van der Waals surface area contributed by atoms with E-state index < -0.39 is 24.4 Å². The molecule has 18 heavy (non-hydrogen) atoms. The third kappa shape index (κ3) is 5.55. The number of hydrogen-bond donors (Lipinski definition) is 6. The Morgan fingerprint density at radius 2 is 1.22 bits per heavy atom. The van der Waals surface area contributed by atoms with E-state index in [-0.39, 0.29) is 39.6 Å². The van der Waals surface area contributed by atoms with Crippen LogP contribution in [0.15, 0.2) is 0 Å². The lowest BCUT2D eigenvalue weighted by molar-refractivity contribution is -0.195. The molecule has 2 unspecified atom stereocenters. The smallest absolute Gasteiger partial charge is 0.144 e. The number of aliphatic hydroxyl groups is 6. The van der Waals surface area contributed by atoms with Gasteiger partial charge in [-0.15, -0.1) is 0 Å². The standard InChI is InChI=1S/C10H22O8/c11-1-3-17-5-8(14)10(16,7-13)9(15)6-18-4-2-12/h8-9,11-16H,1-7H2. The molecule has 0 saturated heterocycles. The van der Waals surface area contributed by atoms with Gasteiger partial charge in [-0.2, -0.15) is 0 Å². The van der Waals surface area contributed by atoms with Gasteiger partial charge in [-0.3, -0.25) is 0 Å². The summed E-state index contributed by atoms with van der Waals surface area (Å²) in [6.45, 7) is -2.14. The number of hydrogen-bond acceptors (Lipinski definition) is 8. The summed E-state index contributed by atoms with van der Waals surface area (Å²) in [7, 11) is 0. The van der Waals surface area contributed by atoms with Crippen molar-refractivity contribution in [3.8, 4) is 0 Å². The van der Waals surface area contributed by atoms with Crippen LogP contribution >= 0.6 is 0 Å². The minimum Gasteiger partial charge on any atom is -0.394 e. The molecule has 0 aromatic carbocycles. The van der Waals surface area contributed by atoms with Crippen molar-refractivity contribution < 1.29 is 40.1 Å². The summed E-state index contributed by atoms with van der Waals surface area (Å²) < 4.78 is 9.61. The van der Waals surface area contributed by atoms with Gasteiger partial charge in [0, 0.05) is 0 Å². The van der Waals surface area contributed by atoms with Gasteiger partial charge in [-0.25, -0.2) is 0 Å². The van der Waals surface area contributed by atoms with Gasteiger partial charge in [0.05, 0.1) is 46.2 Å². The molecule has 0 radical (unpaired) electrons. The fourth-order valence-corrected chi connectivity index (χ4v) is 1.24. The van der Waals surface area contributed by atoms with Gasteiger partial charge in [-0.05, 0) is 0 Å². The van der Waals surface area contributed by atoms with E-state index in [0.717, 1.165) is 0 Å². The van der Waals surface area contributed by atoms with Crippen LogP contribution in [0.5, 0.6) is 0 Å². The van der Waals surface area contributed by atoms with Crippen molar-refractivity contribution in [1.29, 1.82) is 0 Å². The van der Waals surface area contributed by atoms with Crippen LogP contribution in [0.1, 0.15) is 0 Å². The summed E-state index contributed by atoms with van der Waals surface area (Å²) in [6.07, 6.45) is -3.08. The molecular weight excluding hydrogens is 248 g/mol. The van der Waals surface area contributed by atoms with Crippen molar-refractivity contribution in [2.45, 2.75) is 17.8 Å². The zero-order valence-electron chi connectivity index (χ0n) is 10.1. The summed E-state index contributed by atoms with van der Waals surface area (Å²) >= 11 is 0. The second-order valence-electron chi connectivity index (χ2n) is 3.78. The Morgan fingerprint density at radius 3 is 1.50 bits per heavy atom. The van der Waals surface area contributed by atoms with Crippen molar-refractivity contribution in [2.75, 3.05) is 46.2 Å².